The summed E-state index contributed by atoms with van der Waals surface area (Å²) < 4.78 is 17.4. The molecule has 0 aromatic carbocycles. The van der Waals surface area contributed by atoms with Crippen molar-refractivity contribution in [2.24, 2.45) is 0 Å². The molecule has 0 aliphatic rings. The Labute approximate surface area is 419 Å². The number of hydrogen-bond donors (Lipinski definition) is 0. The van der Waals surface area contributed by atoms with Gasteiger partial charge in [0.25, 0.3) is 0 Å². The standard InChI is InChI=1S/C63H102O5/c1-4-7-10-13-16-19-22-25-27-29-31-33-35-37-40-43-46-49-52-55-58-66-59-61(68-63(65)57-54-51-48-45-42-38-24-21-18-15-12-9-6-3)60-67-62(64)56-53-50-47-44-41-39-36-34-32-30-28-26-23-20-17-14-11-8-5-2/h8-9,11-12,16-21,25-28,31-34,38-39,41-42,61H,4-7,10,13-15,22-24,29-30,35-37,40,43-60H2,1-3H3/b11-8-,12-9-,19-16-,20-17-,21-18-,27-25-,28-26-,33-31-,34-32-,41-39-,42-38-. The van der Waals surface area contributed by atoms with E-state index in [2.05, 4.69) is 154 Å². The minimum atomic E-state index is -0.581. The molecule has 68 heavy (non-hydrogen) atoms. The van der Waals surface area contributed by atoms with Crippen molar-refractivity contribution >= 4 is 11.9 Å². The van der Waals surface area contributed by atoms with Gasteiger partial charge in [-0.25, -0.2) is 0 Å². The number of rotatable bonds is 49. The van der Waals surface area contributed by atoms with Crippen LogP contribution in [0.3, 0.4) is 0 Å². The van der Waals surface area contributed by atoms with Gasteiger partial charge in [-0.2, -0.15) is 0 Å². The van der Waals surface area contributed by atoms with Crippen LogP contribution >= 0.6 is 0 Å². The first-order valence-electron chi connectivity index (χ1n) is 27.7. The third kappa shape index (κ3) is 54.6. The number of carbonyl (C=O) groups excluding carboxylic acids is 2. The Morgan fingerprint density at radius 2 is 0.662 bits per heavy atom. The maximum atomic E-state index is 12.8. The van der Waals surface area contributed by atoms with Crippen LogP contribution in [0.4, 0.5) is 0 Å². The highest BCUT2D eigenvalue weighted by Gasteiger charge is 2.17. The van der Waals surface area contributed by atoms with Crippen LogP contribution in [0.15, 0.2) is 134 Å². The Hall–Kier alpha value is -3.96. The first kappa shape index (κ1) is 64.0. The zero-order valence-corrected chi connectivity index (χ0v) is 44.1. The molecule has 0 saturated heterocycles. The first-order valence-corrected chi connectivity index (χ1v) is 27.7. The van der Waals surface area contributed by atoms with Crippen LogP contribution in [0.2, 0.25) is 0 Å². The molecule has 1 unspecified atom stereocenters. The highest BCUT2D eigenvalue weighted by molar-refractivity contribution is 5.70. The fourth-order valence-electron chi connectivity index (χ4n) is 7.09. The van der Waals surface area contributed by atoms with Gasteiger partial charge < -0.3 is 14.2 Å². The largest absolute Gasteiger partial charge is 0.462 e. The lowest BCUT2D eigenvalue weighted by molar-refractivity contribution is -0.163. The van der Waals surface area contributed by atoms with E-state index in [0.717, 1.165) is 128 Å². The minimum absolute atomic E-state index is 0.0431. The van der Waals surface area contributed by atoms with Gasteiger partial charge in [-0.1, -0.05) is 212 Å². The van der Waals surface area contributed by atoms with Gasteiger partial charge in [-0.3, -0.25) is 9.59 Å². The number of carbonyl (C=O) groups is 2. The van der Waals surface area contributed by atoms with Gasteiger partial charge in [0, 0.05) is 19.4 Å². The molecule has 5 heteroatoms. The first-order chi connectivity index (χ1) is 33.6. The number of esters is 2. The molecule has 1 atom stereocenters. The molecule has 5 nitrogen and oxygen atoms in total. The summed E-state index contributed by atoms with van der Waals surface area (Å²) in [6, 6.07) is 0. The second-order valence-corrected chi connectivity index (χ2v) is 17.7. The zero-order chi connectivity index (χ0) is 49.2. The topological polar surface area (TPSA) is 61.8 Å². The Balaban J connectivity index is 4.39. The second kappa shape index (κ2) is 57.4. The summed E-state index contributed by atoms with van der Waals surface area (Å²) in [7, 11) is 0. The lowest BCUT2D eigenvalue weighted by Crippen LogP contribution is -2.30. The fourth-order valence-corrected chi connectivity index (χ4v) is 7.09. The third-order valence-corrected chi connectivity index (χ3v) is 11.2. The molecule has 0 spiro atoms. The minimum Gasteiger partial charge on any atom is -0.462 e. The molecule has 0 radical (unpaired) electrons. The van der Waals surface area contributed by atoms with Crippen LogP contribution in [0, 0.1) is 0 Å². The van der Waals surface area contributed by atoms with Crippen molar-refractivity contribution in [1.29, 1.82) is 0 Å². The van der Waals surface area contributed by atoms with E-state index in [4.69, 9.17) is 14.2 Å². The van der Waals surface area contributed by atoms with E-state index < -0.39 is 6.10 Å². The fraction of sp³-hybridized carbons (Fsp3) is 0.619. The molecule has 0 aliphatic heterocycles. The molecule has 384 valence electrons. The summed E-state index contributed by atoms with van der Waals surface area (Å²) in [5, 5.41) is 0. The van der Waals surface area contributed by atoms with Crippen LogP contribution < -0.4 is 0 Å². The molecule has 0 aromatic heterocycles. The van der Waals surface area contributed by atoms with Gasteiger partial charge in [0.1, 0.15) is 6.61 Å². The SMILES string of the molecule is CC/C=C\C/C=C\C/C=C\C/C=C\C/C=C\CCCCCC(=O)OCC(COCCCCCCCCC/C=C\C/C=C\C/C=C\CCCCC)OC(=O)CCCCC/C=C\C/C=C\C/C=C\CC. The van der Waals surface area contributed by atoms with Gasteiger partial charge in [-0.15, -0.1) is 0 Å². The molecule has 0 amide bonds. The molecule has 0 fully saturated rings. The van der Waals surface area contributed by atoms with Crippen molar-refractivity contribution in [2.45, 2.75) is 232 Å². The summed E-state index contributed by atoms with van der Waals surface area (Å²) in [5.74, 6) is -0.482. The van der Waals surface area contributed by atoms with Crippen LogP contribution in [0.1, 0.15) is 226 Å². The van der Waals surface area contributed by atoms with Crippen LogP contribution in [0.25, 0.3) is 0 Å². The molecule has 0 aliphatic carbocycles. The Kier molecular flexibility index (Phi) is 54.0. The van der Waals surface area contributed by atoms with E-state index in [9.17, 15) is 9.59 Å². The number of allylic oxidation sites excluding steroid dienone is 22. The third-order valence-electron chi connectivity index (χ3n) is 11.2. The van der Waals surface area contributed by atoms with Crippen LogP contribution in [-0.2, 0) is 23.8 Å². The van der Waals surface area contributed by atoms with Crippen molar-refractivity contribution in [3.8, 4) is 0 Å². The smallest absolute Gasteiger partial charge is 0.306 e. The summed E-state index contributed by atoms with van der Waals surface area (Å²) >= 11 is 0. The lowest BCUT2D eigenvalue weighted by atomic mass is 10.1. The normalized spacial score (nSPS) is 13.3. The summed E-state index contributed by atoms with van der Waals surface area (Å²) in [5.41, 5.74) is 0. The average Bonchev–Trinajstić information content (AvgIpc) is 3.34. The Morgan fingerprint density at radius 3 is 1.06 bits per heavy atom. The number of ether oxygens (including phenoxy) is 3. The van der Waals surface area contributed by atoms with Crippen molar-refractivity contribution in [3.63, 3.8) is 0 Å². The van der Waals surface area contributed by atoms with E-state index in [0.29, 0.717) is 19.4 Å². The maximum absolute atomic E-state index is 12.8. The monoisotopic (exact) mass is 939 g/mol. The predicted octanol–water partition coefficient (Wildman–Crippen LogP) is 19.1. The molecule has 0 aromatic rings. The van der Waals surface area contributed by atoms with E-state index in [-0.39, 0.29) is 25.2 Å². The van der Waals surface area contributed by atoms with E-state index in [1.807, 2.05) is 0 Å². The Bertz CT molecular complexity index is 1430. The molecular formula is C63H102O5. The Morgan fingerprint density at radius 1 is 0.338 bits per heavy atom. The van der Waals surface area contributed by atoms with Gasteiger partial charge in [0.05, 0.1) is 6.61 Å². The summed E-state index contributed by atoms with van der Waals surface area (Å²) in [4.78, 5) is 25.5. The summed E-state index contributed by atoms with van der Waals surface area (Å²) in [6.07, 6.45) is 81.8. The van der Waals surface area contributed by atoms with E-state index >= 15 is 0 Å². The van der Waals surface area contributed by atoms with Gasteiger partial charge in [0.2, 0.25) is 0 Å². The molecule has 0 bridgehead atoms. The predicted molar refractivity (Wildman–Crippen MR) is 297 cm³/mol. The average molecular weight is 940 g/mol. The van der Waals surface area contributed by atoms with Crippen molar-refractivity contribution in [2.75, 3.05) is 19.8 Å². The zero-order valence-electron chi connectivity index (χ0n) is 44.1. The van der Waals surface area contributed by atoms with Crippen LogP contribution in [0.5, 0.6) is 0 Å². The quantitative estimate of drug-likeness (QED) is 0.0345. The molecule has 0 heterocycles. The molecule has 0 rings (SSSR count). The summed E-state index contributed by atoms with van der Waals surface area (Å²) in [6.45, 7) is 7.47. The lowest BCUT2D eigenvalue weighted by Gasteiger charge is -2.18. The van der Waals surface area contributed by atoms with Gasteiger partial charge >= 0.3 is 11.9 Å². The number of hydrogen-bond acceptors (Lipinski definition) is 5. The molecule has 0 saturated carbocycles. The highest BCUT2D eigenvalue weighted by Crippen LogP contribution is 2.12. The van der Waals surface area contributed by atoms with Crippen molar-refractivity contribution in [1.82, 2.24) is 0 Å². The molecular weight excluding hydrogens is 837 g/mol. The number of unbranched alkanes of at least 4 members (excludes halogenated alkanes) is 16. The van der Waals surface area contributed by atoms with E-state index in [1.54, 1.807) is 0 Å². The van der Waals surface area contributed by atoms with Gasteiger partial charge in [-0.05, 0) is 135 Å². The maximum Gasteiger partial charge on any atom is 0.306 e. The molecule has 0 N–H and O–H groups in total. The highest BCUT2D eigenvalue weighted by atomic mass is 16.6. The van der Waals surface area contributed by atoms with E-state index in [1.165, 1.54) is 64.2 Å². The van der Waals surface area contributed by atoms with Crippen LogP contribution in [-0.4, -0.2) is 37.9 Å². The van der Waals surface area contributed by atoms with Crippen molar-refractivity contribution < 1.29 is 23.8 Å². The van der Waals surface area contributed by atoms with Crippen molar-refractivity contribution in [3.05, 3.63) is 134 Å². The second-order valence-electron chi connectivity index (χ2n) is 17.7. The van der Waals surface area contributed by atoms with Gasteiger partial charge in [0.15, 0.2) is 6.10 Å².